The smallest absolute Gasteiger partial charge is 0.253 e. The molecule has 5 heteroatoms. The second-order valence-corrected chi connectivity index (χ2v) is 4.76. The molecule has 0 saturated carbocycles. The van der Waals surface area contributed by atoms with Gasteiger partial charge in [-0.25, -0.2) is 0 Å². The van der Waals surface area contributed by atoms with Gasteiger partial charge < -0.3 is 15.6 Å². The number of H-pyrrole nitrogens is 1. The van der Waals surface area contributed by atoms with Gasteiger partial charge in [-0.05, 0) is 18.6 Å². The predicted octanol–water partition coefficient (Wildman–Crippen LogP) is 1.18. The normalized spacial score (nSPS) is 18.5. The largest absolute Gasteiger partial charge is 0.361 e. The van der Waals surface area contributed by atoms with E-state index in [0.29, 0.717) is 18.5 Å². The summed E-state index contributed by atoms with van der Waals surface area (Å²) in [6.45, 7) is 0.474. The Kier molecular flexibility index (Phi) is 2.95. The van der Waals surface area contributed by atoms with Crippen molar-refractivity contribution in [1.82, 2.24) is 15.6 Å². The zero-order chi connectivity index (χ0) is 13.2. The maximum atomic E-state index is 12.2. The van der Waals surface area contributed by atoms with E-state index in [0.717, 1.165) is 17.3 Å². The van der Waals surface area contributed by atoms with E-state index in [2.05, 4.69) is 15.6 Å². The molecule has 1 unspecified atom stereocenters. The highest BCUT2D eigenvalue weighted by Gasteiger charge is 2.21. The van der Waals surface area contributed by atoms with Crippen molar-refractivity contribution in [2.75, 3.05) is 6.54 Å². The fourth-order valence-corrected chi connectivity index (χ4v) is 2.42. The maximum Gasteiger partial charge on any atom is 0.253 e. The van der Waals surface area contributed by atoms with Crippen LogP contribution in [0.5, 0.6) is 0 Å². The van der Waals surface area contributed by atoms with Gasteiger partial charge in [0.15, 0.2) is 0 Å². The van der Waals surface area contributed by atoms with E-state index in [1.807, 2.05) is 24.4 Å². The van der Waals surface area contributed by atoms with Crippen LogP contribution in [0.3, 0.4) is 0 Å². The lowest BCUT2D eigenvalue weighted by atomic mass is 10.1. The van der Waals surface area contributed by atoms with Crippen molar-refractivity contribution >= 4 is 22.7 Å². The van der Waals surface area contributed by atoms with Gasteiger partial charge in [0.1, 0.15) is 0 Å². The highest BCUT2D eigenvalue weighted by atomic mass is 16.2. The molecular weight excluding hydrogens is 242 g/mol. The Morgan fingerprint density at radius 3 is 3.05 bits per heavy atom. The highest BCUT2D eigenvalue weighted by molar-refractivity contribution is 6.05. The number of nitrogens with one attached hydrogen (secondary N) is 3. The van der Waals surface area contributed by atoms with E-state index in [1.165, 1.54) is 0 Å². The first-order chi connectivity index (χ1) is 9.24. The lowest BCUT2D eigenvalue weighted by Gasteiger charge is -2.11. The monoisotopic (exact) mass is 257 g/mol. The minimum Gasteiger partial charge on any atom is -0.361 e. The van der Waals surface area contributed by atoms with E-state index in [9.17, 15) is 9.59 Å². The number of fused-ring (bicyclic) bond motifs is 1. The lowest BCUT2D eigenvalue weighted by molar-refractivity contribution is -0.119. The molecule has 5 nitrogen and oxygen atoms in total. The molecule has 1 aromatic carbocycles. The third kappa shape index (κ3) is 2.31. The standard InChI is InChI=1S/C14H15N3O2/c18-12-5-4-10(17-12)8-16-14(19)11-3-1-2-9-6-7-15-13(9)11/h1-3,6-7,10,15H,4-5,8H2,(H,16,19)(H,17,18). The van der Waals surface area contributed by atoms with Crippen LogP contribution in [0.1, 0.15) is 23.2 Å². The van der Waals surface area contributed by atoms with E-state index in [4.69, 9.17) is 0 Å². The number of aromatic amines is 1. The van der Waals surface area contributed by atoms with Gasteiger partial charge in [0, 0.05) is 30.6 Å². The van der Waals surface area contributed by atoms with Crippen molar-refractivity contribution in [2.45, 2.75) is 18.9 Å². The molecule has 0 radical (unpaired) electrons. The second kappa shape index (κ2) is 4.76. The summed E-state index contributed by atoms with van der Waals surface area (Å²) in [6, 6.07) is 7.60. The Morgan fingerprint density at radius 1 is 1.37 bits per heavy atom. The highest BCUT2D eigenvalue weighted by Crippen LogP contribution is 2.16. The molecule has 19 heavy (non-hydrogen) atoms. The third-order valence-electron chi connectivity index (χ3n) is 3.43. The molecule has 0 spiro atoms. The summed E-state index contributed by atoms with van der Waals surface area (Å²) in [7, 11) is 0. The summed E-state index contributed by atoms with van der Waals surface area (Å²) in [5.41, 5.74) is 1.47. The van der Waals surface area contributed by atoms with E-state index in [1.54, 1.807) is 6.07 Å². The van der Waals surface area contributed by atoms with Crippen LogP contribution in [0.15, 0.2) is 30.5 Å². The number of hydrogen-bond donors (Lipinski definition) is 3. The molecule has 1 aromatic heterocycles. The summed E-state index contributed by atoms with van der Waals surface area (Å²) in [5.74, 6) is -0.0556. The molecule has 98 valence electrons. The van der Waals surface area contributed by atoms with Crippen molar-refractivity contribution in [3.63, 3.8) is 0 Å². The summed E-state index contributed by atoms with van der Waals surface area (Å²) in [6.07, 6.45) is 3.15. The van der Waals surface area contributed by atoms with Crippen molar-refractivity contribution in [1.29, 1.82) is 0 Å². The third-order valence-corrected chi connectivity index (χ3v) is 3.43. The number of amides is 2. The number of carbonyl (C=O) groups excluding carboxylic acids is 2. The van der Waals surface area contributed by atoms with Crippen molar-refractivity contribution < 1.29 is 9.59 Å². The molecule has 1 saturated heterocycles. The fourth-order valence-electron chi connectivity index (χ4n) is 2.42. The molecule has 3 rings (SSSR count). The number of hydrogen-bond acceptors (Lipinski definition) is 2. The first kappa shape index (κ1) is 11.8. The summed E-state index contributed by atoms with van der Waals surface area (Å²) in [4.78, 5) is 26.3. The average molecular weight is 257 g/mol. The van der Waals surface area contributed by atoms with Crippen LogP contribution in [-0.2, 0) is 4.79 Å². The molecule has 2 heterocycles. The van der Waals surface area contributed by atoms with Crippen LogP contribution in [0.25, 0.3) is 10.9 Å². The van der Waals surface area contributed by atoms with Gasteiger partial charge in [0.2, 0.25) is 5.91 Å². The van der Waals surface area contributed by atoms with Gasteiger partial charge >= 0.3 is 0 Å². The first-order valence-electron chi connectivity index (χ1n) is 6.38. The zero-order valence-electron chi connectivity index (χ0n) is 10.4. The van der Waals surface area contributed by atoms with Crippen molar-refractivity contribution in [2.24, 2.45) is 0 Å². The Labute approximate surface area is 110 Å². The lowest BCUT2D eigenvalue weighted by Crippen LogP contribution is -2.38. The SMILES string of the molecule is O=C1CCC(CNC(=O)c2cccc3cc[nH]c23)N1. The minimum atomic E-state index is -0.116. The van der Waals surface area contributed by atoms with Crippen LogP contribution in [0.2, 0.25) is 0 Å². The molecule has 0 bridgehead atoms. The summed E-state index contributed by atoms with van der Waals surface area (Å²) in [5, 5.41) is 6.72. The van der Waals surface area contributed by atoms with Crippen molar-refractivity contribution in [3.8, 4) is 0 Å². The number of rotatable bonds is 3. The molecular formula is C14H15N3O2. The van der Waals surface area contributed by atoms with Crippen molar-refractivity contribution in [3.05, 3.63) is 36.0 Å². The van der Waals surface area contributed by atoms with E-state index >= 15 is 0 Å². The second-order valence-electron chi connectivity index (χ2n) is 4.76. The van der Waals surface area contributed by atoms with Gasteiger partial charge in [-0.1, -0.05) is 12.1 Å². The van der Waals surface area contributed by atoms with Crippen LogP contribution >= 0.6 is 0 Å². The Morgan fingerprint density at radius 2 is 2.26 bits per heavy atom. The van der Waals surface area contributed by atoms with Gasteiger partial charge in [0.05, 0.1) is 11.1 Å². The van der Waals surface area contributed by atoms with E-state index in [-0.39, 0.29) is 17.9 Å². The first-order valence-corrected chi connectivity index (χ1v) is 6.38. The minimum absolute atomic E-state index is 0.0549. The van der Waals surface area contributed by atoms with Gasteiger partial charge in [-0.2, -0.15) is 0 Å². The van der Waals surface area contributed by atoms with Crippen LogP contribution in [0, 0.1) is 0 Å². The molecule has 2 amide bonds. The topological polar surface area (TPSA) is 74.0 Å². The maximum absolute atomic E-state index is 12.2. The molecule has 1 aliphatic heterocycles. The molecule has 3 N–H and O–H groups in total. The van der Waals surface area contributed by atoms with Crippen LogP contribution in [0.4, 0.5) is 0 Å². The Bertz CT molecular complexity index is 632. The zero-order valence-corrected chi connectivity index (χ0v) is 10.4. The van der Waals surface area contributed by atoms with Gasteiger partial charge in [-0.15, -0.1) is 0 Å². The molecule has 1 aliphatic rings. The number of para-hydroxylation sites is 1. The Hall–Kier alpha value is -2.30. The van der Waals surface area contributed by atoms with Crippen LogP contribution < -0.4 is 10.6 Å². The number of benzene rings is 1. The summed E-state index contributed by atoms with van der Waals surface area (Å²) < 4.78 is 0. The number of carbonyl (C=O) groups is 2. The molecule has 0 aliphatic carbocycles. The quantitative estimate of drug-likeness (QED) is 0.772. The molecule has 1 fully saturated rings. The predicted molar refractivity (Wildman–Crippen MR) is 71.8 cm³/mol. The molecule has 2 aromatic rings. The van der Waals surface area contributed by atoms with Gasteiger partial charge in [0.25, 0.3) is 5.91 Å². The van der Waals surface area contributed by atoms with E-state index < -0.39 is 0 Å². The fraction of sp³-hybridized carbons (Fsp3) is 0.286. The Balaban J connectivity index is 1.70. The summed E-state index contributed by atoms with van der Waals surface area (Å²) >= 11 is 0. The van der Waals surface area contributed by atoms with Crippen LogP contribution in [-0.4, -0.2) is 29.4 Å². The number of aromatic nitrogens is 1. The average Bonchev–Trinajstić information content (AvgIpc) is 3.03. The molecule has 1 atom stereocenters. The van der Waals surface area contributed by atoms with Gasteiger partial charge in [-0.3, -0.25) is 9.59 Å².